The molecule has 0 atom stereocenters. The minimum absolute atomic E-state index is 0.0335. The molecule has 0 unspecified atom stereocenters. The van der Waals surface area contributed by atoms with Crippen molar-refractivity contribution in [1.82, 2.24) is 14.5 Å². The predicted octanol–water partition coefficient (Wildman–Crippen LogP) is 0.944. The van der Waals surface area contributed by atoms with Crippen LogP contribution >= 0.6 is 0 Å². The molecule has 0 bridgehead atoms. The number of hydrogen-bond donors (Lipinski definition) is 1. The fraction of sp³-hybridized carbons (Fsp3) is 0.333. The SMILES string of the molecule is CN(Cc1nccn1C)c1cc(CO)ccn1. The van der Waals surface area contributed by atoms with Crippen molar-refractivity contribution in [2.75, 3.05) is 11.9 Å². The smallest absolute Gasteiger partial charge is 0.128 e. The first-order valence-electron chi connectivity index (χ1n) is 5.44. The summed E-state index contributed by atoms with van der Waals surface area (Å²) in [5, 5.41) is 9.08. The topological polar surface area (TPSA) is 54.2 Å². The summed E-state index contributed by atoms with van der Waals surface area (Å²) in [4.78, 5) is 10.5. The van der Waals surface area contributed by atoms with E-state index < -0.39 is 0 Å². The third kappa shape index (κ3) is 2.62. The molecule has 0 fully saturated rings. The highest BCUT2D eigenvalue weighted by molar-refractivity contribution is 5.40. The molecule has 17 heavy (non-hydrogen) atoms. The second-order valence-electron chi connectivity index (χ2n) is 3.99. The van der Waals surface area contributed by atoms with Gasteiger partial charge in [0.1, 0.15) is 11.6 Å². The van der Waals surface area contributed by atoms with Crippen molar-refractivity contribution in [3.63, 3.8) is 0 Å². The second kappa shape index (κ2) is 4.97. The number of aryl methyl sites for hydroxylation is 1. The van der Waals surface area contributed by atoms with Gasteiger partial charge in [0.05, 0.1) is 13.2 Å². The van der Waals surface area contributed by atoms with Gasteiger partial charge in [0.2, 0.25) is 0 Å². The number of hydrogen-bond acceptors (Lipinski definition) is 4. The summed E-state index contributed by atoms with van der Waals surface area (Å²) in [6, 6.07) is 3.68. The lowest BCUT2D eigenvalue weighted by Gasteiger charge is -2.18. The van der Waals surface area contributed by atoms with Crippen molar-refractivity contribution in [2.24, 2.45) is 7.05 Å². The summed E-state index contributed by atoms with van der Waals surface area (Å²) in [6.07, 6.45) is 5.40. The van der Waals surface area contributed by atoms with Crippen LogP contribution in [0.25, 0.3) is 0 Å². The quantitative estimate of drug-likeness (QED) is 0.852. The van der Waals surface area contributed by atoms with Gasteiger partial charge in [-0.1, -0.05) is 0 Å². The van der Waals surface area contributed by atoms with E-state index in [-0.39, 0.29) is 6.61 Å². The van der Waals surface area contributed by atoms with Crippen molar-refractivity contribution in [3.8, 4) is 0 Å². The van der Waals surface area contributed by atoms with E-state index >= 15 is 0 Å². The fourth-order valence-corrected chi connectivity index (χ4v) is 1.61. The first kappa shape index (κ1) is 11.6. The van der Waals surface area contributed by atoms with Crippen LogP contribution in [0.5, 0.6) is 0 Å². The Labute approximate surface area is 100 Å². The molecule has 2 rings (SSSR count). The third-order valence-corrected chi connectivity index (χ3v) is 2.68. The van der Waals surface area contributed by atoms with Crippen LogP contribution in [0.4, 0.5) is 5.82 Å². The molecule has 0 radical (unpaired) electrons. The van der Waals surface area contributed by atoms with Crippen LogP contribution in [0.3, 0.4) is 0 Å². The molecule has 1 N–H and O–H groups in total. The molecule has 0 saturated heterocycles. The Hall–Kier alpha value is -1.88. The Morgan fingerprint density at radius 1 is 1.35 bits per heavy atom. The van der Waals surface area contributed by atoms with Gasteiger partial charge in [-0.2, -0.15) is 0 Å². The van der Waals surface area contributed by atoms with Gasteiger partial charge in [0.15, 0.2) is 0 Å². The highest BCUT2D eigenvalue weighted by Gasteiger charge is 2.07. The third-order valence-electron chi connectivity index (χ3n) is 2.68. The lowest BCUT2D eigenvalue weighted by molar-refractivity contribution is 0.281. The molecule has 0 amide bonds. The largest absolute Gasteiger partial charge is 0.392 e. The molecule has 0 aromatic carbocycles. The summed E-state index contributed by atoms with van der Waals surface area (Å²) in [6.45, 7) is 0.719. The number of anilines is 1. The second-order valence-corrected chi connectivity index (χ2v) is 3.99. The van der Waals surface area contributed by atoms with Crippen molar-refractivity contribution >= 4 is 5.82 Å². The van der Waals surface area contributed by atoms with Crippen molar-refractivity contribution in [3.05, 3.63) is 42.1 Å². The molecule has 5 heteroatoms. The first-order valence-corrected chi connectivity index (χ1v) is 5.44. The van der Waals surface area contributed by atoms with E-state index in [2.05, 4.69) is 9.97 Å². The molecule has 90 valence electrons. The Morgan fingerprint density at radius 2 is 2.18 bits per heavy atom. The molecule has 2 aromatic heterocycles. The van der Waals surface area contributed by atoms with Gasteiger partial charge in [-0.05, 0) is 17.7 Å². The predicted molar refractivity (Wildman–Crippen MR) is 65.5 cm³/mol. The molecule has 0 aliphatic carbocycles. The lowest BCUT2D eigenvalue weighted by Crippen LogP contribution is -2.20. The Bertz CT molecular complexity index is 495. The molecule has 0 spiro atoms. The highest BCUT2D eigenvalue weighted by Crippen LogP contribution is 2.13. The number of aliphatic hydroxyl groups excluding tert-OH is 1. The summed E-state index contributed by atoms with van der Waals surface area (Å²) < 4.78 is 1.98. The molecular weight excluding hydrogens is 216 g/mol. The maximum atomic E-state index is 9.08. The normalized spacial score (nSPS) is 10.5. The van der Waals surface area contributed by atoms with E-state index in [1.54, 1.807) is 18.5 Å². The van der Waals surface area contributed by atoms with Crippen LogP contribution in [0.15, 0.2) is 30.7 Å². The Balaban J connectivity index is 2.14. The summed E-state index contributed by atoms with van der Waals surface area (Å²) >= 11 is 0. The molecule has 2 heterocycles. The van der Waals surface area contributed by atoms with Crippen LogP contribution in [-0.2, 0) is 20.2 Å². The Kier molecular flexibility index (Phi) is 3.39. The zero-order valence-electron chi connectivity index (χ0n) is 10.0. The van der Waals surface area contributed by atoms with Gasteiger partial charge < -0.3 is 14.6 Å². The minimum atomic E-state index is 0.0335. The van der Waals surface area contributed by atoms with Crippen LogP contribution in [0, 0.1) is 0 Å². The average molecular weight is 232 g/mol. The van der Waals surface area contributed by atoms with E-state index in [0.29, 0.717) is 6.54 Å². The van der Waals surface area contributed by atoms with Gasteiger partial charge in [-0.15, -0.1) is 0 Å². The zero-order valence-corrected chi connectivity index (χ0v) is 10.0. The van der Waals surface area contributed by atoms with Crippen molar-refractivity contribution < 1.29 is 5.11 Å². The lowest BCUT2D eigenvalue weighted by atomic mass is 10.2. The maximum Gasteiger partial charge on any atom is 0.128 e. The standard InChI is InChI=1S/C12H16N4O/c1-15-6-5-14-12(15)8-16(2)11-7-10(9-17)3-4-13-11/h3-7,17H,8-9H2,1-2H3. The molecular formula is C12H16N4O. The monoisotopic (exact) mass is 232 g/mol. The van der Waals surface area contributed by atoms with Crippen molar-refractivity contribution in [1.29, 1.82) is 0 Å². The molecule has 0 aliphatic heterocycles. The van der Waals surface area contributed by atoms with E-state index in [9.17, 15) is 0 Å². The zero-order chi connectivity index (χ0) is 12.3. The van der Waals surface area contributed by atoms with E-state index in [1.165, 1.54) is 0 Å². The molecule has 2 aromatic rings. The maximum absolute atomic E-state index is 9.08. The number of nitrogens with zero attached hydrogens (tertiary/aromatic N) is 4. The number of imidazole rings is 1. The van der Waals surface area contributed by atoms with Crippen LogP contribution in [0.1, 0.15) is 11.4 Å². The van der Waals surface area contributed by atoms with Crippen LogP contribution in [-0.4, -0.2) is 26.7 Å². The summed E-state index contributed by atoms with van der Waals surface area (Å²) in [5.74, 6) is 1.81. The summed E-state index contributed by atoms with van der Waals surface area (Å²) in [5.41, 5.74) is 0.863. The fourth-order valence-electron chi connectivity index (χ4n) is 1.61. The Morgan fingerprint density at radius 3 is 2.82 bits per heavy atom. The minimum Gasteiger partial charge on any atom is -0.392 e. The van der Waals surface area contributed by atoms with Gasteiger partial charge in [0.25, 0.3) is 0 Å². The van der Waals surface area contributed by atoms with Crippen LogP contribution in [0.2, 0.25) is 0 Å². The van der Waals surface area contributed by atoms with Crippen molar-refractivity contribution in [2.45, 2.75) is 13.2 Å². The molecule has 5 nitrogen and oxygen atoms in total. The number of pyridine rings is 1. The van der Waals surface area contributed by atoms with Gasteiger partial charge in [-0.3, -0.25) is 0 Å². The molecule has 0 aliphatic rings. The van der Waals surface area contributed by atoms with Crippen LogP contribution < -0.4 is 4.90 Å². The van der Waals surface area contributed by atoms with E-state index in [4.69, 9.17) is 5.11 Å². The number of aromatic nitrogens is 3. The van der Waals surface area contributed by atoms with Gasteiger partial charge >= 0.3 is 0 Å². The highest BCUT2D eigenvalue weighted by atomic mass is 16.3. The number of rotatable bonds is 4. The summed E-state index contributed by atoms with van der Waals surface area (Å²) in [7, 11) is 3.92. The molecule has 0 saturated carbocycles. The average Bonchev–Trinajstić information content (AvgIpc) is 2.75. The number of aliphatic hydroxyl groups is 1. The first-order chi connectivity index (χ1) is 8.20. The van der Waals surface area contributed by atoms with Gasteiger partial charge in [0, 0.05) is 32.7 Å². The van der Waals surface area contributed by atoms with Gasteiger partial charge in [-0.25, -0.2) is 9.97 Å². The van der Waals surface area contributed by atoms with E-state index in [1.807, 2.05) is 35.8 Å². The van der Waals surface area contributed by atoms with E-state index in [0.717, 1.165) is 17.2 Å².